The highest BCUT2D eigenvalue weighted by Crippen LogP contribution is 2.36. The molecule has 2 fully saturated rings. The summed E-state index contributed by atoms with van der Waals surface area (Å²) in [5.41, 5.74) is 0.157. The van der Waals surface area contributed by atoms with Gasteiger partial charge in [-0.15, -0.1) is 0 Å². The van der Waals surface area contributed by atoms with Crippen LogP contribution < -0.4 is 0 Å². The molecule has 2 saturated heterocycles. The molecule has 1 aromatic rings. The van der Waals surface area contributed by atoms with Crippen LogP contribution in [0.25, 0.3) is 0 Å². The van der Waals surface area contributed by atoms with Gasteiger partial charge in [-0.1, -0.05) is 17.7 Å². The number of rotatable bonds is 4. The molecule has 0 saturated carbocycles. The summed E-state index contributed by atoms with van der Waals surface area (Å²) >= 11 is 6.13. The number of hydrogen-bond donors (Lipinski definition) is 1. The first-order chi connectivity index (χ1) is 11.9. The molecule has 0 radical (unpaired) electrons. The fraction of sp³-hybridized carbons (Fsp3) is 0.611. The third kappa shape index (κ3) is 4.14. The summed E-state index contributed by atoms with van der Waals surface area (Å²) in [5.74, 6) is -0.389. The van der Waals surface area contributed by atoms with Crippen molar-refractivity contribution in [3.05, 3.63) is 34.6 Å². The Bertz CT molecular complexity index is 645. The molecular weight excluding hydrogens is 347 g/mol. The van der Waals surface area contributed by atoms with E-state index in [-0.39, 0.29) is 24.2 Å². The monoisotopic (exact) mass is 370 g/mol. The smallest absolute Gasteiger partial charge is 0.248 e. The van der Waals surface area contributed by atoms with Crippen molar-refractivity contribution in [2.75, 3.05) is 39.9 Å². The van der Waals surface area contributed by atoms with E-state index < -0.39 is 5.60 Å². The van der Waals surface area contributed by atoms with Crippen molar-refractivity contribution in [1.29, 1.82) is 0 Å². The lowest BCUT2D eigenvalue weighted by Gasteiger charge is -2.50. The number of amides is 1. The van der Waals surface area contributed by atoms with E-state index in [1.54, 1.807) is 11.0 Å². The molecular formula is C18H24ClFN2O3. The number of likely N-dealkylation sites (tertiary alicyclic amines) is 2. The van der Waals surface area contributed by atoms with Crippen LogP contribution in [-0.4, -0.2) is 66.3 Å². The van der Waals surface area contributed by atoms with Gasteiger partial charge in [0.1, 0.15) is 12.4 Å². The highest BCUT2D eigenvalue weighted by molar-refractivity contribution is 6.31. The van der Waals surface area contributed by atoms with Crippen molar-refractivity contribution < 1.29 is 19.0 Å². The molecule has 1 amide bonds. The Morgan fingerprint density at radius 2 is 2.16 bits per heavy atom. The van der Waals surface area contributed by atoms with Crippen molar-refractivity contribution >= 4 is 17.5 Å². The number of ether oxygens (including phenoxy) is 1. The molecule has 5 nitrogen and oxygen atoms in total. The molecule has 138 valence electrons. The summed E-state index contributed by atoms with van der Waals surface area (Å²) in [6, 6.07) is 4.43. The van der Waals surface area contributed by atoms with Crippen LogP contribution in [0.2, 0.25) is 5.02 Å². The minimum Gasteiger partial charge on any atom is -0.389 e. The topological polar surface area (TPSA) is 53.0 Å². The normalized spacial score (nSPS) is 27.2. The molecule has 2 aliphatic heterocycles. The van der Waals surface area contributed by atoms with E-state index in [0.717, 1.165) is 12.1 Å². The molecule has 2 atom stereocenters. The molecule has 0 aliphatic carbocycles. The Hall–Kier alpha value is -1.21. The zero-order valence-electron chi connectivity index (χ0n) is 14.4. The van der Waals surface area contributed by atoms with E-state index in [9.17, 15) is 14.3 Å². The van der Waals surface area contributed by atoms with Crippen molar-refractivity contribution in [3.8, 4) is 0 Å². The zero-order chi connectivity index (χ0) is 18.0. The highest BCUT2D eigenvalue weighted by Gasteiger charge is 2.45. The molecule has 2 heterocycles. The predicted octanol–water partition coefficient (Wildman–Crippen LogP) is 1.91. The number of benzene rings is 1. The molecule has 0 bridgehead atoms. The van der Waals surface area contributed by atoms with Crippen LogP contribution >= 0.6 is 11.6 Å². The first-order valence-corrected chi connectivity index (χ1v) is 8.94. The number of hydrogen-bond acceptors (Lipinski definition) is 4. The van der Waals surface area contributed by atoms with Gasteiger partial charge < -0.3 is 14.7 Å². The molecule has 1 N–H and O–H groups in total. The summed E-state index contributed by atoms with van der Waals surface area (Å²) in [7, 11) is 1.51. The van der Waals surface area contributed by atoms with E-state index in [0.29, 0.717) is 44.0 Å². The number of piperidine rings is 2. The van der Waals surface area contributed by atoms with Gasteiger partial charge >= 0.3 is 0 Å². The van der Waals surface area contributed by atoms with Gasteiger partial charge in [-0.3, -0.25) is 9.69 Å². The van der Waals surface area contributed by atoms with Crippen molar-refractivity contribution in [2.45, 2.75) is 25.0 Å². The maximum Gasteiger partial charge on any atom is 0.248 e. The molecule has 1 aromatic carbocycles. The van der Waals surface area contributed by atoms with Crippen LogP contribution in [0.15, 0.2) is 18.2 Å². The minimum atomic E-state index is -0.715. The second kappa shape index (κ2) is 7.58. The lowest BCUT2D eigenvalue weighted by molar-refractivity contribution is -0.150. The van der Waals surface area contributed by atoms with Gasteiger partial charge in [0.15, 0.2) is 0 Å². The van der Waals surface area contributed by atoms with Crippen LogP contribution in [-0.2, 0) is 16.1 Å². The second-order valence-corrected chi connectivity index (χ2v) is 7.45. The largest absolute Gasteiger partial charge is 0.389 e. The number of methoxy groups -OCH3 is 1. The van der Waals surface area contributed by atoms with Crippen molar-refractivity contribution in [2.24, 2.45) is 5.92 Å². The summed E-state index contributed by atoms with van der Waals surface area (Å²) in [6.07, 6.45) is 1.26. The molecule has 0 spiro atoms. The standard InChI is InChI=1S/C18H24ClFN2O3/c1-25-12-17(23)22-7-5-18(24)4-6-21(10-14(18)11-22)9-13-2-3-15(20)8-16(13)19/h2-3,8,14,24H,4-7,9-12H2,1H3/t14-,18-/m1/s1. The maximum atomic E-state index is 13.2. The first kappa shape index (κ1) is 18.6. The predicted molar refractivity (Wildman–Crippen MR) is 92.8 cm³/mol. The number of nitrogens with zero attached hydrogens (tertiary/aromatic N) is 2. The Morgan fingerprint density at radius 3 is 2.88 bits per heavy atom. The molecule has 25 heavy (non-hydrogen) atoms. The zero-order valence-corrected chi connectivity index (χ0v) is 15.1. The van der Waals surface area contributed by atoms with Gasteiger partial charge in [0.2, 0.25) is 5.91 Å². The lowest BCUT2D eigenvalue weighted by atomic mass is 9.75. The number of fused-ring (bicyclic) bond motifs is 1. The molecule has 0 unspecified atom stereocenters. The number of carbonyl (C=O) groups excluding carboxylic acids is 1. The van der Waals surface area contributed by atoms with Crippen LogP contribution in [0.5, 0.6) is 0 Å². The average Bonchev–Trinajstić information content (AvgIpc) is 2.57. The Labute approximate surface area is 152 Å². The molecule has 3 rings (SSSR count). The maximum absolute atomic E-state index is 13.2. The lowest BCUT2D eigenvalue weighted by Crippen LogP contribution is -2.60. The Balaban J connectivity index is 1.66. The number of aliphatic hydroxyl groups is 1. The van der Waals surface area contributed by atoms with Crippen molar-refractivity contribution in [3.63, 3.8) is 0 Å². The fourth-order valence-electron chi connectivity index (χ4n) is 3.85. The average molecular weight is 371 g/mol. The van der Waals surface area contributed by atoms with Crippen LogP contribution in [0, 0.1) is 11.7 Å². The quantitative estimate of drug-likeness (QED) is 0.879. The summed E-state index contributed by atoms with van der Waals surface area (Å²) in [6.45, 7) is 3.22. The fourth-order valence-corrected chi connectivity index (χ4v) is 4.07. The van der Waals surface area contributed by atoms with Gasteiger partial charge in [0.25, 0.3) is 0 Å². The second-order valence-electron chi connectivity index (χ2n) is 7.04. The van der Waals surface area contributed by atoms with Crippen LogP contribution in [0.1, 0.15) is 18.4 Å². The van der Waals surface area contributed by atoms with E-state index in [1.165, 1.54) is 19.2 Å². The molecule has 2 aliphatic rings. The van der Waals surface area contributed by atoms with E-state index in [1.807, 2.05) is 0 Å². The Morgan fingerprint density at radius 1 is 1.40 bits per heavy atom. The highest BCUT2D eigenvalue weighted by atomic mass is 35.5. The van der Waals surface area contributed by atoms with E-state index in [4.69, 9.17) is 16.3 Å². The van der Waals surface area contributed by atoms with Gasteiger partial charge in [-0.25, -0.2) is 4.39 Å². The summed E-state index contributed by atoms with van der Waals surface area (Å²) in [5, 5.41) is 11.3. The van der Waals surface area contributed by atoms with Crippen LogP contribution in [0.4, 0.5) is 4.39 Å². The molecule has 0 aromatic heterocycles. The SMILES string of the molecule is COCC(=O)N1CC[C@]2(O)CCN(Cc3ccc(F)cc3Cl)C[C@@H]2C1. The third-order valence-electron chi connectivity index (χ3n) is 5.38. The van der Waals surface area contributed by atoms with Crippen LogP contribution in [0.3, 0.4) is 0 Å². The van der Waals surface area contributed by atoms with Gasteiger partial charge in [-0.2, -0.15) is 0 Å². The first-order valence-electron chi connectivity index (χ1n) is 8.56. The number of halogens is 2. The van der Waals surface area contributed by atoms with Gasteiger partial charge in [-0.05, 0) is 30.5 Å². The number of carbonyl (C=O) groups is 1. The van der Waals surface area contributed by atoms with E-state index >= 15 is 0 Å². The molecule has 7 heteroatoms. The van der Waals surface area contributed by atoms with Gasteiger partial charge in [0, 0.05) is 50.8 Å². The third-order valence-corrected chi connectivity index (χ3v) is 5.74. The summed E-state index contributed by atoms with van der Waals surface area (Å²) < 4.78 is 18.1. The summed E-state index contributed by atoms with van der Waals surface area (Å²) in [4.78, 5) is 16.1. The van der Waals surface area contributed by atoms with Crippen molar-refractivity contribution in [1.82, 2.24) is 9.80 Å². The Kier molecular flexibility index (Phi) is 5.63. The van der Waals surface area contributed by atoms with Gasteiger partial charge in [0.05, 0.1) is 5.60 Å². The minimum absolute atomic E-state index is 0.00460. The van der Waals surface area contributed by atoms with E-state index in [2.05, 4.69) is 4.90 Å².